The van der Waals surface area contributed by atoms with Crippen molar-refractivity contribution in [2.24, 2.45) is 0 Å². The van der Waals surface area contributed by atoms with Crippen molar-refractivity contribution >= 4 is 11.9 Å². The van der Waals surface area contributed by atoms with E-state index in [1.165, 1.54) is 6.26 Å². The molecule has 1 aromatic heterocycles. The molecule has 1 aromatic carbocycles. The number of carbonyl (C=O) groups is 2. The van der Waals surface area contributed by atoms with Crippen molar-refractivity contribution in [3.63, 3.8) is 0 Å². The first kappa shape index (κ1) is 20.3. The Balaban J connectivity index is 1.84. The van der Waals surface area contributed by atoms with Crippen LogP contribution in [0.25, 0.3) is 0 Å². The maximum atomic E-state index is 12.1. The molecule has 0 fully saturated rings. The van der Waals surface area contributed by atoms with Crippen molar-refractivity contribution in [2.75, 3.05) is 27.3 Å². The SMILES string of the molecule is CCN(CC(=O)NC(=O)NCc1ccco1)Cc1ccc(OC)c(OC)c1. The minimum absolute atomic E-state index is 0.0962. The van der Waals surface area contributed by atoms with E-state index in [0.29, 0.717) is 30.3 Å². The predicted molar refractivity (Wildman–Crippen MR) is 99.6 cm³/mol. The Morgan fingerprint density at radius 3 is 2.56 bits per heavy atom. The van der Waals surface area contributed by atoms with Gasteiger partial charge in [0.15, 0.2) is 11.5 Å². The third-order valence-corrected chi connectivity index (χ3v) is 3.92. The van der Waals surface area contributed by atoms with Crippen LogP contribution in [0.1, 0.15) is 18.2 Å². The molecule has 2 N–H and O–H groups in total. The number of rotatable bonds is 9. The van der Waals surface area contributed by atoms with Crippen molar-refractivity contribution in [3.8, 4) is 11.5 Å². The summed E-state index contributed by atoms with van der Waals surface area (Å²) in [5.41, 5.74) is 0.976. The molecule has 0 aliphatic carbocycles. The van der Waals surface area contributed by atoms with Crippen molar-refractivity contribution in [3.05, 3.63) is 47.9 Å². The van der Waals surface area contributed by atoms with Crippen molar-refractivity contribution < 1.29 is 23.5 Å². The number of amides is 3. The average molecular weight is 375 g/mol. The number of hydrogen-bond acceptors (Lipinski definition) is 6. The summed E-state index contributed by atoms with van der Waals surface area (Å²) in [6, 6.07) is 8.52. The van der Waals surface area contributed by atoms with Crippen LogP contribution < -0.4 is 20.1 Å². The second-order valence-electron chi connectivity index (χ2n) is 5.80. The Morgan fingerprint density at radius 2 is 1.93 bits per heavy atom. The zero-order chi connectivity index (χ0) is 19.6. The molecule has 0 aliphatic heterocycles. The van der Waals surface area contributed by atoms with Gasteiger partial charge in [-0.15, -0.1) is 0 Å². The van der Waals surface area contributed by atoms with Gasteiger partial charge in [-0.25, -0.2) is 4.79 Å². The largest absolute Gasteiger partial charge is 0.493 e. The number of urea groups is 1. The fraction of sp³-hybridized carbons (Fsp3) is 0.368. The number of imide groups is 1. The number of hydrogen-bond donors (Lipinski definition) is 2. The Kier molecular flexibility index (Phi) is 7.69. The normalized spacial score (nSPS) is 10.5. The Labute approximate surface area is 158 Å². The minimum Gasteiger partial charge on any atom is -0.493 e. The molecule has 2 rings (SSSR count). The molecule has 0 atom stereocenters. The van der Waals surface area contributed by atoms with Gasteiger partial charge in [-0.1, -0.05) is 13.0 Å². The van der Waals surface area contributed by atoms with E-state index in [9.17, 15) is 9.59 Å². The highest BCUT2D eigenvalue weighted by Gasteiger charge is 2.14. The maximum Gasteiger partial charge on any atom is 0.321 e. The first-order valence-corrected chi connectivity index (χ1v) is 8.59. The summed E-state index contributed by atoms with van der Waals surface area (Å²) in [5, 5.41) is 4.89. The summed E-state index contributed by atoms with van der Waals surface area (Å²) in [6.45, 7) is 3.45. The van der Waals surface area contributed by atoms with Gasteiger partial charge in [-0.2, -0.15) is 0 Å². The molecule has 8 heteroatoms. The quantitative estimate of drug-likeness (QED) is 0.698. The summed E-state index contributed by atoms with van der Waals surface area (Å²) >= 11 is 0. The summed E-state index contributed by atoms with van der Waals surface area (Å²) in [5.74, 6) is 1.51. The molecule has 0 bridgehead atoms. The zero-order valence-corrected chi connectivity index (χ0v) is 15.8. The molecule has 146 valence electrons. The number of methoxy groups -OCH3 is 2. The van der Waals surface area contributed by atoms with Crippen molar-refractivity contribution in [1.82, 2.24) is 15.5 Å². The summed E-state index contributed by atoms with van der Waals surface area (Å²) < 4.78 is 15.6. The van der Waals surface area contributed by atoms with Crippen LogP contribution in [0.15, 0.2) is 41.0 Å². The summed E-state index contributed by atoms with van der Waals surface area (Å²) in [4.78, 5) is 25.8. The van der Waals surface area contributed by atoms with Crippen molar-refractivity contribution in [2.45, 2.75) is 20.0 Å². The third-order valence-electron chi connectivity index (χ3n) is 3.92. The monoisotopic (exact) mass is 375 g/mol. The van der Waals surface area contributed by atoms with Gasteiger partial charge < -0.3 is 19.2 Å². The van der Waals surface area contributed by atoms with E-state index in [1.807, 2.05) is 30.0 Å². The van der Waals surface area contributed by atoms with Crippen LogP contribution in [-0.2, 0) is 17.9 Å². The predicted octanol–water partition coefficient (Wildman–Crippen LogP) is 2.14. The molecule has 0 saturated carbocycles. The van der Waals surface area contributed by atoms with E-state index >= 15 is 0 Å². The lowest BCUT2D eigenvalue weighted by Crippen LogP contribution is -2.44. The molecule has 0 saturated heterocycles. The Morgan fingerprint density at radius 1 is 1.15 bits per heavy atom. The van der Waals surface area contributed by atoms with Crippen LogP contribution in [0.3, 0.4) is 0 Å². The molecule has 27 heavy (non-hydrogen) atoms. The Bertz CT molecular complexity index is 746. The number of carbonyl (C=O) groups excluding carboxylic acids is 2. The topological polar surface area (TPSA) is 93.0 Å². The molecule has 0 spiro atoms. The number of likely N-dealkylation sites (N-methyl/N-ethyl adjacent to an activating group) is 1. The van der Waals surface area contributed by atoms with Crippen LogP contribution in [0.5, 0.6) is 11.5 Å². The molecule has 8 nitrogen and oxygen atoms in total. The fourth-order valence-electron chi connectivity index (χ4n) is 2.51. The van der Waals surface area contributed by atoms with Crippen molar-refractivity contribution in [1.29, 1.82) is 0 Å². The van der Waals surface area contributed by atoms with Crippen LogP contribution >= 0.6 is 0 Å². The molecular weight excluding hydrogens is 350 g/mol. The fourth-order valence-corrected chi connectivity index (χ4v) is 2.51. The molecule has 0 unspecified atom stereocenters. The zero-order valence-electron chi connectivity index (χ0n) is 15.8. The van der Waals surface area contributed by atoms with Gasteiger partial charge in [0.05, 0.1) is 33.6 Å². The average Bonchev–Trinajstić information content (AvgIpc) is 3.19. The summed E-state index contributed by atoms with van der Waals surface area (Å²) in [6.07, 6.45) is 1.52. The highest BCUT2D eigenvalue weighted by atomic mass is 16.5. The van der Waals surface area contributed by atoms with Crippen LogP contribution in [0, 0.1) is 0 Å². The minimum atomic E-state index is -0.557. The first-order valence-electron chi connectivity index (χ1n) is 8.59. The van der Waals surface area contributed by atoms with Crippen LogP contribution in [0.4, 0.5) is 4.79 Å². The van der Waals surface area contributed by atoms with Gasteiger partial charge in [-0.3, -0.25) is 15.0 Å². The second-order valence-corrected chi connectivity index (χ2v) is 5.80. The number of nitrogens with zero attached hydrogens (tertiary/aromatic N) is 1. The number of furan rings is 1. The van der Waals surface area contributed by atoms with Gasteiger partial charge in [0.25, 0.3) is 0 Å². The highest BCUT2D eigenvalue weighted by Crippen LogP contribution is 2.27. The summed E-state index contributed by atoms with van der Waals surface area (Å²) in [7, 11) is 3.16. The van der Waals surface area contributed by atoms with E-state index in [2.05, 4.69) is 10.6 Å². The lowest BCUT2D eigenvalue weighted by molar-refractivity contribution is -0.121. The Hall–Kier alpha value is -3.00. The van der Waals surface area contributed by atoms with E-state index in [-0.39, 0.29) is 19.0 Å². The van der Waals surface area contributed by atoms with Gasteiger partial charge in [0.2, 0.25) is 5.91 Å². The van der Waals surface area contributed by atoms with Gasteiger partial charge in [0.1, 0.15) is 5.76 Å². The first-order chi connectivity index (χ1) is 13.0. The van der Waals surface area contributed by atoms with E-state index in [0.717, 1.165) is 5.56 Å². The van der Waals surface area contributed by atoms with E-state index in [4.69, 9.17) is 13.9 Å². The second kappa shape index (κ2) is 10.2. The van der Waals surface area contributed by atoms with Gasteiger partial charge >= 0.3 is 6.03 Å². The molecule has 2 aromatic rings. The van der Waals surface area contributed by atoms with Gasteiger partial charge in [0, 0.05) is 6.54 Å². The maximum absolute atomic E-state index is 12.1. The molecule has 3 amide bonds. The number of nitrogens with one attached hydrogen (secondary N) is 2. The van der Waals surface area contributed by atoms with Crippen LogP contribution in [0.2, 0.25) is 0 Å². The molecule has 0 radical (unpaired) electrons. The lowest BCUT2D eigenvalue weighted by Gasteiger charge is -2.20. The molecule has 1 heterocycles. The van der Waals surface area contributed by atoms with E-state index in [1.54, 1.807) is 26.4 Å². The lowest BCUT2D eigenvalue weighted by atomic mass is 10.2. The molecule has 0 aliphatic rings. The third kappa shape index (κ3) is 6.34. The number of ether oxygens (including phenoxy) is 2. The smallest absolute Gasteiger partial charge is 0.321 e. The van der Waals surface area contributed by atoms with Crippen LogP contribution in [-0.4, -0.2) is 44.1 Å². The van der Waals surface area contributed by atoms with Gasteiger partial charge in [-0.05, 0) is 36.4 Å². The highest BCUT2D eigenvalue weighted by molar-refractivity contribution is 5.95. The van der Waals surface area contributed by atoms with E-state index < -0.39 is 6.03 Å². The standard InChI is InChI=1S/C19H25N3O5/c1-4-22(12-14-7-8-16(25-2)17(10-14)26-3)13-18(23)21-19(24)20-11-15-6-5-9-27-15/h5-10H,4,11-13H2,1-3H3,(H2,20,21,23,24). The molecular formula is C19H25N3O5. The number of benzene rings is 1.